The van der Waals surface area contributed by atoms with Crippen LogP contribution in [0.3, 0.4) is 0 Å². The Kier molecular flexibility index (Phi) is 4.80. The number of carbonyl (C=O) groups is 1. The average molecular weight is 376 g/mol. The number of benzene rings is 2. The van der Waals surface area contributed by atoms with Crippen LogP contribution in [0.4, 0.5) is 0 Å². The van der Waals surface area contributed by atoms with Gasteiger partial charge in [0.25, 0.3) is 0 Å². The lowest BCUT2D eigenvalue weighted by Gasteiger charge is -2.04. The first kappa shape index (κ1) is 17.8. The number of aryl methyl sites for hydroxylation is 1. The van der Waals surface area contributed by atoms with Gasteiger partial charge < -0.3 is 9.73 Å². The molecule has 4 rings (SSSR count). The summed E-state index contributed by atoms with van der Waals surface area (Å²) in [4.78, 5) is 29.2. The fourth-order valence-electron chi connectivity index (χ4n) is 3.23. The molecule has 0 radical (unpaired) electrons. The second-order valence-corrected chi connectivity index (χ2v) is 6.36. The molecule has 28 heavy (non-hydrogen) atoms. The first-order chi connectivity index (χ1) is 13.7. The summed E-state index contributed by atoms with van der Waals surface area (Å²) in [5.41, 5.74) is 2.29. The SMILES string of the molecule is CCn1c(=O)n(CC(=O)NCc2ncc(-c3ccccc3)o2)c2ccccc21. The van der Waals surface area contributed by atoms with Crippen LogP contribution in [0.15, 0.2) is 70.0 Å². The van der Waals surface area contributed by atoms with Crippen LogP contribution < -0.4 is 11.0 Å². The van der Waals surface area contributed by atoms with E-state index < -0.39 is 0 Å². The maximum atomic E-state index is 12.6. The highest BCUT2D eigenvalue weighted by molar-refractivity contribution is 5.80. The first-order valence-corrected chi connectivity index (χ1v) is 9.12. The highest BCUT2D eigenvalue weighted by Crippen LogP contribution is 2.19. The molecule has 1 amide bonds. The highest BCUT2D eigenvalue weighted by Gasteiger charge is 2.15. The fraction of sp³-hybridized carbons (Fsp3) is 0.190. The Morgan fingerprint density at radius 3 is 2.43 bits per heavy atom. The van der Waals surface area contributed by atoms with E-state index in [1.54, 1.807) is 10.8 Å². The third kappa shape index (κ3) is 3.34. The lowest BCUT2D eigenvalue weighted by Crippen LogP contribution is -2.32. The van der Waals surface area contributed by atoms with E-state index in [-0.39, 0.29) is 24.7 Å². The predicted molar refractivity (Wildman–Crippen MR) is 106 cm³/mol. The summed E-state index contributed by atoms with van der Waals surface area (Å²) in [5, 5.41) is 2.77. The molecule has 0 saturated heterocycles. The van der Waals surface area contributed by atoms with Crippen molar-refractivity contribution in [2.24, 2.45) is 0 Å². The molecular weight excluding hydrogens is 356 g/mol. The number of hydrogen-bond donors (Lipinski definition) is 1. The van der Waals surface area contributed by atoms with Gasteiger partial charge in [0, 0.05) is 12.1 Å². The Hall–Kier alpha value is -3.61. The molecule has 0 unspecified atom stereocenters. The van der Waals surface area contributed by atoms with E-state index in [1.165, 1.54) is 4.57 Å². The molecule has 0 saturated carbocycles. The topological polar surface area (TPSA) is 82.1 Å². The van der Waals surface area contributed by atoms with Crippen molar-refractivity contribution in [3.63, 3.8) is 0 Å². The molecule has 4 aromatic rings. The zero-order chi connectivity index (χ0) is 19.5. The number of nitrogens with zero attached hydrogens (tertiary/aromatic N) is 3. The van der Waals surface area contributed by atoms with Gasteiger partial charge in [-0.15, -0.1) is 0 Å². The van der Waals surface area contributed by atoms with Crippen molar-refractivity contribution >= 4 is 16.9 Å². The number of carbonyl (C=O) groups excluding carboxylic acids is 1. The number of imidazole rings is 1. The molecule has 0 atom stereocenters. The Balaban J connectivity index is 1.46. The number of oxazole rings is 1. The van der Waals surface area contributed by atoms with E-state index in [0.717, 1.165) is 16.6 Å². The molecular formula is C21H20N4O3. The van der Waals surface area contributed by atoms with Crippen LogP contribution in [0.2, 0.25) is 0 Å². The van der Waals surface area contributed by atoms with Gasteiger partial charge in [0.2, 0.25) is 11.8 Å². The number of fused-ring (bicyclic) bond motifs is 1. The van der Waals surface area contributed by atoms with Crippen LogP contribution >= 0.6 is 0 Å². The number of para-hydroxylation sites is 2. The van der Waals surface area contributed by atoms with Crippen molar-refractivity contribution in [2.45, 2.75) is 26.6 Å². The number of aromatic nitrogens is 3. The summed E-state index contributed by atoms with van der Waals surface area (Å²) >= 11 is 0. The minimum absolute atomic E-state index is 0.0569. The van der Waals surface area contributed by atoms with E-state index >= 15 is 0 Å². The van der Waals surface area contributed by atoms with E-state index in [9.17, 15) is 9.59 Å². The van der Waals surface area contributed by atoms with Crippen molar-refractivity contribution in [1.82, 2.24) is 19.4 Å². The van der Waals surface area contributed by atoms with Crippen molar-refractivity contribution in [2.75, 3.05) is 0 Å². The summed E-state index contributed by atoms with van der Waals surface area (Å²) in [6, 6.07) is 17.1. The molecule has 2 aromatic carbocycles. The van der Waals surface area contributed by atoms with Crippen LogP contribution in [0, 0.1) is 0 Å². The number of rotatable bonds is 6. The number of amides is 1. The summed E-state index contributed by atoms with van der Waals surface area (Å²) in [7, 11) is 0. The molecule has 2 heterocycles. The first-order valence-electron chi connectivity index (χ1n) is 9.12. The molecule has 142 valence electrons. The molecule has 7 nitrogen and oxygen atoms in total. The Labute approximate surface area is 161 Å². The van der Waals surface area contributed by atoms with Gasteiger partial charge in [-0.3, -0.25) is 13.9 Å². The minimum Gasteiger partial charge on any atom is -0.439 e. The van der Waals surface area contributed by atoms with Gasteiger partial charge in [0.05, 0.1) is 23.8 Å². The molecule has 7 heteroatoms. The Morgan fingerprint density at radius 2 is 1.71 bits per heavy atom. The van der Waals surface area contributed by atoms with Gasteiger partial charge in [-0.1, -0.05) is 42.5 Å². The zero-order valence-electron chi connectivity index (χ0n) is 15.5. The monoisotopic (exact) mass is 376 g/mol. The van der Waals surface area contributed by atoms with Crippen LogP contribution in [0.1, 0.15) is 12.8 Å². The van der Waals surface area contributed by atoms with Crippen molar-refractivity contribution in [3.05, 3.63) is 77.2 Å². The molecule has 0 bridgehead atoms. The summed E-state index contributed by atoms with van der Waals surface area (Å²) in [5.74, 6) is 0.781. The summed E-state index contributed by atoms with van der Waals surface area (Å²) in [6.45, 7) is 2.56. The number of hydrogen-bond acceptors (Lipinski definition) is 4. The largest absolute Gasteiger partial charge is 0.439 e. The van der Waals surface area contributed by atoms with Gasteiger partial charge in [0.15, 0.2) is 5.76 Å². The van der Waals surface area contributed by atoms with Crippen LogP contribution in [-0.2, 0) is 24.4 Å². The number of nitrogens with one attached hydrogen (secondary N) is 1. The molecule has 0 aliphatic carbocycles. The van der Waals surface area contributed by atoms with Crippen molar-refractivity contribution in [3.8, 4) is 11.3 Å². The molecule has 0 fully saturated rings. The van der Waals surface area contributed by atoms with Crippen LogP contribution in [0.5, 0.6) is 0 Å². The third-order valence-corrected chi connectivity index (χ3v) is 4.59. The lowest BCUT2D eigenvalue weighted by atomic mass is 10.2. The van der Waals surface area contributed by atoms with E-state index in [4.69, 9.17) is 4.42 Å². The summed E-state index contributed by atoms with van der Waals surface area (Å²) in [6.07, 6.45) is 1.64. The minimum atomic E-state index is -0.277. The van der Waals surface area contributed by atoms with Gasteiger partial charge in [0.1, 0.15) is 6.54 Å². The second-order valence-electron chi connectivity index (χ2n) is 6.36. The lowest BCUT2D eigenvalue weighted by molar-refractivity contribution is -0.121. The van der Waals surface area contributed by atoms with E-state index in [2.05, 4.69) is 10.3 Å². The third-order valence-electron chi connectivity index (χ3n) is 4.59. The van der Waals surface area contributed by atoms with Gasteiger partial charge in [-0.05, 0) is 19.1 Å². The van der Waals surface area contributed by atoms with E-state index in [0.29, 0.717) is 18.2 Å². The van der Waals surface area contributed by atoms with Gasteiger partial charge in [-0.25, -0.2) is 9.78 Å². The van der Waals surface area contributed by atoms with Gasteiger partial charge in [-0.2, -0.15) is 0 Å². The maximum absolute atomic E-state index is 12.6. The molecule has 1 N–H and O–H groups in total. The molecule has 0 aliphatic heterocycles. The Bertz CT molecular complexity index is 1170. The average Bonchev–Trinajstić information content (AvgIpc) is 3.30. The molecule has 2 aromatic heterocycles. The zero-order valence-corrected chi connectivity index (χ0v) is 15.5. The fourth-order valence-corrected chi connectivity index (χ4v) is 3.23. The quantitative estimate of drug-likeness (QED) is 0.561. The Morgan fingerprint density at radius 1 is 1.04 bits per heavy atom. The normalized spacial score (nSPS) is 11.0. The van der Waals surface area contributed by atoms with Crippen molar-refractivity contribution < 1.29 is 9.21 Å². The standard InChI is InChI=1S/C21H20N4O3/c1-2-24-16-10-6-7-11-17(16)25(21(24)27)14-19(26)22-13-20-23-12-18(28-20)15-8-4-3-5-9-15/h3-12H,2,13-14H2,1H3,(H,22,26). The maximum Gasteiger partial charge on any atom is 0.329 e. The van der Waals surface area contributed by atoms with Gasteiger partial charge >= 0.3 is 5.69 Å². The van der Waals surface area contributed by atoms with E-state index in [1.807, 2.05) is 61.5 Å². The molecule has 0 spiro atoms. The van der Waals surface area contributed by atoms with Crippen LogP contribution in [-0.4, -0.2) is 20.0 Å². The highest BCUT2D eigenvalue weighted by atomic mass is 16.4. The second kappa shape index (κ2) is 7.56. The van der Waals surface area contributed by atoms with Crippen molar-refractivity contribution in [1.29, 1.82) is 0 Å². The summed E-state index contributed by atoms with van der Waals surface area (Å²) < 4.78 is 8.83. The predicted octanol–water partition coefficient (Wildman–Crippen LogP) is 2.79. The smallest absolute Gasteiger partial charge is 0.329 e. The van der Waals surface area contributed by atoms with Crippen LogP contribution in [0.25, 0.3) is 22.4 Å². The molecule has 0 aliphatic rings.